The van der Waals surface area contributed by atoms with Crippen molar-refractivity contribution in [1.82, 2.24) is 4.31 Å². The maximum atomic E-state index is 12.5. The molecule has 4 nitrogen and oxygen atoms in total. The summed E-state index contributed by atoms with van der Waals surface area (Å²) in [6.07, 6.45) is 0.861. The molecule has 2 N–H and O–H groups in total. The average molecular weight is 325 g/mol. The highest BCUT2D eigenvalue weighted by molar-refractivity contribution is 7.91. The molecule has 1 aliphatic rings. The second kappa shape index (κ2) is 6.10. The van der Waals surface area contributed by atoms with Crippen LogP contribution < -0.4 is 5.73 Å². The first kappa shape index (κ1) is 16.9. The Balaban J connectivity index is 0.00000180. The maximum absolute atomic E-state index is 12.5. The van der Waals surface area contributed by atoms with E-state index in [1.165, 1.54) is 11.3 Å². The first-order valence-electron chi connectivity index (χ1n) is 6.15. The van der Waals surface area contributed by atoms with Gasteiger partial charge in [0.25, 0.3) is 10.0 Å². The molecule has 110 valence electrons. The molecule has 0 aromatic carbocycles. The normalized spacial score (nSPS) is 22.2. The quantitative estimate of drug-likeness (QED) is 0.926. The molecule has 0 spiro atoms. The van der Waals surface area contributed by atoms with Crippen molar-refractivity contribution in [3.05, 3.63) is 16.5 Å². The smallest absolute Gasteiger partial charge is 0.252 e. The number of halogens is 1. The molecule has 1 saturated heterocycles. The molecular formula is C12H21ClN2O2S2. The molecule has 1 fully saturated rings. The Morgan fingerprint density at radius 2 is 2.11 bits per heavy atom. The molecule has 2 unspecified atom stereocenters. The van der Waals surface area contributed by atoms with Gasteiger partial charge in [-0.05, 0) is 44.7 Å². The van der Waals surface area contributed by atoms with E-state index in [0.29, 0.717) is 17.3 Å². The first-order chi connectivity index (χ1) is 8.32. The fourth-order valence-electron chi connectivity index (χ4n) is 2.39. The molecule has 0 saturated carbocycles. The summed E-state index contributed by atoms with van der Waals surface area (Å²) in [6, 6.07) is 1.98. The van der Waals surface area contributed by atoms with Crippen LogP contribution in [0, 0.1) is 19.8 Å². The van der Waals surface area contributed by atoms with E-state index < -0.39 is 10.0 Å². The summed E-state index contributed by atoms with van der Waals surface area (Å²) in [6.45, 7) is 6.88. The van der Waals surface area contributed by atoms with Gasteiger partial charge in [-0.2, -0.15) is 4.31 Å². The lowest BCUT2D eigenvalue weighted by Gasteiger charge is -2.17. The van der Waals surface area contributed by atoms with Crippen LogP contribution in [0.2, 0.25) is 0 Å². The predicted octanol–water partition coefficient (Wildman–Crippen LogP) is 2.14. The van der Waals surface area contributed by atoms with Crippen molar-refractivity contribution < 1.29 is 8.42 Å². The minimum absolute atomic E-state index is 0. The van der Waals surface area contributed by atoms with Gasteiger partial charge < -0.3 is 5.73 Å². The van der Waals surface area contributed by atoms with Gasteiger partial charge in [0.2, 0.25) is 0 Å². The van der Waals surface area contributed by atoms with Crippen molar-refractivity contribution in [1.29, 1.82) is 0 Å². The third kappa shape index (κ3) is 3.31. The molecular weight excluding hydrogens is 304 g/mol. The van der Waals surface area contributed by atoms with Gasteiger partial charge >= 0.3 is 0 Å². The fourth-order valence-corrected chi connectivity index (χ4v) is 5.71. The first-order valence-corrected chi connectivity index (χ1v) is 8.41. The minimum atomic E-state index is -3.32. The number of rotatable bonds is 3. The number of nitrogens with two attached hydrogens (primary N) is 1. The van der Waals surface area contributed by atoms with E-state index in [9.17, 15) is 8.42 Å². The molecule has 19 heavy (non-hydrogen) atoms. The molecule has 2 rings (SSSR count). The zero-order valence-corrected chi connectivity index (χ0v) is 13.9. The molecule has 0 amide bonds. The van der Waals surface area contributed by atoms with Gasteiger partial charge in [0, 0.05) is 24.0 Å². The monoisotopic (exact) mass is 324 g/mol. The topological polar surface area (TPSA) is 63.4 Å². The van der Waals surface area contributed by atoms with E-state index in [1.54, 1.807) is 4.31 Å². The standard InChI is InChI=1S/C12H20N2O2S2.ClH/c1-8-6-9(2)17-12(8)18(15,16)14-5-4-11(7-14)10(3)13;/h6,10-11H,4-5,7,13H2,1-3H3;1H. The summed E-state index contributed by atoms with van der Waals surface area (Å²) in [5, 5.41) is 0. The van der Waals surface area contributed by atoms with Gasteiger partial charge in [0.1, 0.15) is 4.21 Å². The van der Waals surface area contributed by atoms with Crippen LogP contribution in [-0.2, 0) is 10.0 Å². The van der Waals surface area contributed by atoms with Gasteiger partial charge in [-0.25, -0.2) is 8.42 Å². The zero-order chi connectivity index (χ0) is 13.5. The van der Waals surface area contributed by atoms with Crippen LogP contribution in [0.1, 0.15) is 23.8 Å². The number of sulfonamides is 1. The molecule has 7 heteroatoms. The van der Waals surface area contributed by atoms with Crippen molar-refractivity contribution in [3.63, 3.8) is 0 Å². The van der Waals surface area contributed by atoms with Crippen molar-refractivity contribution in [2.24, 2.45) is 11.7 Å². The van der Waals surface area contributed by atoms with Crippen molar-refractivity contribution in [2.75, 3.05) is 13.1 Å². The van der Waals surface area contributed by atoms with E-state index in [-0.39, 0.29) is 24.4 Å². The molecule has 2 heterocycles. The van der Waals surface area contributed by atoms with Crippen LogP contribution in [0.3, 0.4) is 0 Å². The molecule has 2 atom stereocenters. The van der Waals surface area contributed by atoms with Crippen LogP contribution in [0.4, 0.5) is 0 Å². The SMILES string of the molecule is Cc1cc(C)c(S(=O)(=O)N2CCC(C(C)N)C2)s1.Cl. The number of thiophene rings is 1. The highest BCUT2D eigenvalue weighted by atomic mass is 35.5. The van der Waals surface area contributed by atoms with Gasteiger partial charge in [-0.3, -0.25) is 0 Å². The Hall–Kier alpha value is -0.140. The summed E-state index contributed by atoms with van der Waals surface area (Å²) in [7, 11) is -3.32. The Morgan fingerprint density at radius 3 is 2.53 bits per heavy atom. The number of nitrogens with zero attached hydrogens (tertiary/aromatic N) is 1. The average Bonchev–Trinajstić information content (AvgIpc) is 2.85. The predicted molar refractivity (Wildman–Crippen MR) is 81.6 cm³/mol. The Kier molecular flexibility index (Phi) is 5.43. The molecule has 0 radical (unpaired) electrons. The maximum Gasteiger partial charge on any atom is 0.252 e. The van der Waals surface area contributed by atoms with Gasteiger partial charge in [0.05, 0.1) is 0 Å². The van der Waals surface area contributed by atoms with Gasteiger partial charge in [-0.1, -0.05) is 0 Å². The fraction of sp³-hybridized carbons (Fsp3) is 0.667. The number of aryl methyl sites for hydroxylation is 2. The minimum Gasteiger partial charge on any atom is -0.328 e. The second-order valence-electron chi connectivity index (χ2n) is 5.10. The highest BCUT2D eigenvalue weighted by Crippen LogP contribution is 2.32. The van der Waals surface area contributed by atoms with Crippen molar-refractivity contribution in [3.8, 4) is 0 Å². The summed E-state index contributed by atoms with van der Waals surface area (Å²) in [5.41, 5.74) is 6.71. The molecule has 1 aromatic rings. The van der Waals surface area contributed by atoms with Crippen LogP contribution in [0.25, 0.3) is 0 Å². The van der Waals surface area contributed by atoms with Crippen molar-refractivity contribution >= 4 is 33.8 Å². The number of hydrogen-bond acceptors (Lipinski definition) is 4. The van der Waals surface area contributed by atoms with Gasteiger partial charge in [-0.15, -0.1) is 23.7 Å². The Labute approximate surface area is 125 Å². The van der Waals surface area contributed by atoms with Crippen LogP contribution >= 0.6 is 23.7 Å². The lowest BCUT2D eigenvalue weighted by atomic mass is 10.0. The van der Waals surface area contributed by atoms with E-state index in [2.05, 4.69) is 0 Å². The second-order valence-corrected chi connectivity index (χ2v) is 8.49. The Morgan fingerprint density at radius 1 is 1.47 bits per heavy atom. The van der Waals surface area contributed by atoms with E-state index >= 15 is 0 Å². The van der Waals surface area contributed by atoms with Gasteiger partial charge in [0.15, 0.2) is 0 Å². The van der Waals surface area contributed by atoms with Crippen LogP contribution in [0.5, 0.6) is 0 Å². The van der Waals surface area contributed by atoms with E-state index in [0.717, 1.165) is 16.9 Å². The lowest BCUT2D eigenvalue weighted by Crippen LogP contribution is -2.32. The van der Waals surface area contributed by atoms with Crippen molar-refractivity contribution in [2.45, 2.75) is 37.4 Å². The zero-order valence-electron chi connectivity index (χ0n) is 11.4. The molecule has 1 aliphatic heterocycles. The largest absolute Gasteiger partial charge is 0.328 e. The Bertz CT molecular complexity index is 540. The molecule has 0 aliphatic carbocycles. The molecule has 0 bridgehead atoms. The highest BCUT2D eigenvalue weighted by Gasteiger charge is 2.35. The van der Waals surface area contributed by atoms with E-state index in [4.69, 9.17) is 5.73 Å². The molecule has 1 aromatic heterocycles. The van der Waals surface area contributed by atoms with Crippen LogP contribution in [-0.4, -0.2) is 31.9 Å². The third-order valence-electron chi connectivity index (χ3n) is 3.50. The van der Waals surface area contributed by atoms with E-state index in [1.807, 2.05) is 26.8 Å². The summed E-state index contributed by atoms with van der Waals surface area (Å²) < 4.78 is 27.1. The number of hydrogen-bond donors (Lipinski definition) is 1. The summed E-state index contributed by atoms with van der Waals surface area (Å²) in [5.74, 6) is 0.279. The van der Waals surface area contributed by atoms with Crippen LogP contribution in [0.15, 0.2) is 10.3 Å². The summed E-state index contributed by atoms with van der Waals surface area (Å²) >= 11 is 1.36. The third-order valence-corrected chi connectivity index (χ3v) is 7.13. The lowest BCUT2D eigenvalue weighted by molar-refractivity contribution is 0.429. The summed E-state index contributed by atoms with van der Waals surface area (Å²) in [4.78, 5) is 1.04.